The summed E-state index contributed by atoms with van der Waals surface area (Å²) in [7, 11) is 1.55. The molecular weight excluding hydrogens is 401 g/mol. The molecule has 7 nitrogen and oxygen atoms in total. The molecule has 1 aromatic heterocycles. The smallest absolute Gasteiger partial charge is 0.327 e. The van der Waals surface area contributed by atoms with Crippen LogP contribution in [0.15, 0.2) is 30.6 Å². The molecular formula is C16H14Cl3N5O2. The van der Waals surface area contributed by atoms with Gasteiger partial charge in [0.05, 0.1) is 24.0 Å². The fraction of sp³-hybridized carbons (Fsp3) is 0.250. The van der Waals surface area contributed by atoms with Crippen LogP contribution in [-0.2, 0) is 11.3 Å². The number of hydrogen-bond donors (Lipinski definition) is 1. The molecule has 1 aliphatic rings. The number of hydrogen-bond acceptors (Lipinski definition) is 4. The molecule has 1 aromatic carbocycles. The second kappa shape index (κ2) is 7.65. The summed E-state index contributed by atoms with van der Waals surface area (Å²) in [4.78, 5) is 35.6. The van der Waals surface area contributed by atoms with Gasteiger partial charge in [-0.1, -0.05) is 40.9 Å². The first kappa shape index (κ1) is 18.7. The first-order valence-electron chi connectivity index (χ1n) is 7.60. The minimum Gasteiger partial charge on any atom is -0.350 e. The van der Waals surface area contributed by atoms with Crippen molar-refractivity contribution in [2.24, 2.45) is 0 Å². The van der Waals surface area contributed by atoms with Gasteiger partial charge in [-0.3, -0.25) is 9.69 Å². The molecule has 2 aromatic rings. The summed E-state index contributed by atoms with van der Waals surface area (Å²) in [6.07, 6.45) is 2.79. The molecule has 0 saturated carbocycles. The van der Waals surface area contributed by atoms with Gasteiger partial charge in [0.2, 0.25) is 11.9 Å². The number of benzene rings is 1. The number of nitrogens with zero attached hydrogens (tertiary/aromatic N) is 4. The van der Waals surface area contributed by atoms with Gasteiger partial charge >= 0.3 is 6.03 Å². The number of nitrogens with one attached hydrogen (secondary N) is 1. The maximum Gasteiger partial charge on any atom is 0.327 e. The van der Waals surface area contributed by atoms with Gasteiger partial charge in [-0.15, -0.1) is 0 Å². The largest absolute Gasteiger partial charge is 0.350 e. The predicted molar refractivity (Wildman–Crippen MR) is 99.6 cm³/mol. The van der Waals surface area contributed by atoms with Gasteiger partial charge < -0.3 is 10.2 Å². The minimum atomic E-state index is -0.673. The fourth-order valence-corrected chi connectivity index (χ4v) is 3.11. The van der Waals surface area contributed by atoms with Crippen molar-refractivity contribution in [2.75, 3.05) is 18.5 Å². The number of urea groups is 1. The summed E-state index contributed by atoms with van der Waals surface area (Å²) >= 11 is 17.7. The van der Waals surface area contributed by atoms with E-state index < -0.39 is 6.04 Å². The Morgan fingerprint density at radius 3 is 2.58 bits per heavy atom. The summed E-state index contributed by atoms with van der Waals surface area (Å²) in [6, 6.07) is 4.00. The van der Waals surface area contributed by atoms with E-state index in [9.17, 15) is 9.59 Å². The Labute approximate surface area is 164 Å². The Morgan fingerprint density at radius 1 is 1.23 bits per heavy atom. The number of aromatic nitrogens is 2. The quantitative estimate of drug-likeness (QED) is 0.834. The molecule has 0 radical (unpaired) electrons. The highest BCUT2D eigenvalue weighted by Crippen LogP contribution is 2.22. The van der Waals surface area contributed by atoms with Gasteiger partial charge in [-0.2, -0.15) is 0 Å². The van der Waals surface area contributed by atoms with E-state index in [0.717, 1.165) is 5.56 Å². The van der Waals surface area contributed by atoms with Crippen LogP contribution in [0.25, 0.3) is 0 Å². The van der Waals surface area contributed by atoms with Crippen LogP contribution in [0.3, 0.4) is 0 Å². The molecule has 1 fully saturated rings. The van der Waals surface area contributed by atoms with Gasteiger partial charge in [0, 0.05) is 23.6 Å². The van der Waals surface area contributed by atoms with E-state index in [0.29, 0.717) is 15.1 Å². The molecule has 1 N–H and O–H groups in total. The number of anilines is 1. The highest BCUT2D eigenvalue weighted by atomic mass is 35.5. The fourth-order valence-electron chi connectivity index (χ4n) is 2.53. The normalized spacial score (nSPS) is 16.9. The number of rotatable bonds is 4. The van der Waals surface area contributed by atoms with Crippen molar-refractivity contribution in [3.8, 4) is 0 Å². The van der Waals surface area contributed by atoms with Crippen LogP contribution in [0.1, 0.15) is 5.56 Å². The van der Waals surface area contributed by atoms with E-state index in [1.54, 1.807) is 25.2 Å². The van der Waals surface area contributed by atoms with Crippen molar-refractivity contribution >= 4 is 52.7 Å². The first-order valence-corrected chi connectivity index (χ1v) is 8.73. The lowest BCUT2D eigenvalue weighted by Crippen LogP contribution is -2.43. The predicted octanol–water partition coefficient (Wildman–Crippen LogP) is 2.99. The van der Waals surface area contributed by atoms with Crippen LogP contribution in [-0.4, -0.2) is 46.4 Å². The Bertz CT molecular complexity index is 846. The summed E-state index contributed by atoms with van der Waals surface area (Å²) < 4.78 is 0. The number of halogens is 3. The lowest BCUT2D eigenvalue weighted by molar-refractivity contribution is -0.124. The van der Waals surface area contributed by atoms with Gasteiger partial charge in [0.25, 0.3) is 0 Å². The SMILES string of the molecule is CN1C(=O)N(c2ncc(Cl)cn2)C[C@H]1C(=O)NCc1ccc(Cl)cc1Cl. The molecule has 3 amide bonds. The van der Waals surface area contributed by atoms with Crippen LogP contribution in [0.4, 0.5) is 10.7 Å². The van der Waals surface area contributed by atoms with Crippen molar-refractivity contribution in [3.05, 3.63) is 51.2 Å². The van der Waals surface area contributed by atoms with Crippen LogP contribution in [0.2, 0.25) is 15.1 Å². The highest BCUT2D eigenvalue weighted by Gasteiger charge is 2.40. The molecule has 10 heteroatoms. The molecule has 3 rings (SSSR count). The molecule has 1 aliphatic heterocycles. The Balaban J connectivity index is 1.67. The lowest BCUT2D eigenvalue weighted by atomic mass is 10.2. The Kier molecular flexibility index (Phi) is 5.50. The second-order valence-corrected chi connectivity index (χ2v) is 6.95. The maximum atomic E-state index is 12.5. The molecule has 1 atom stereocenters. The van der Waals surface area contributed by atoms with Gasteiger partial charge in [0.15, 0.2) is 0 Å². The van der Waals surface area contributed by atoms with Gasteiger partial charge in [-0.25, -0.2) is 14.8 Å². The van der Waals surface area contributed by atoms with Crippen LogP contribution in [0.5, 0.6) is 0 Å². The third-order valence-electron chi connectivity index (χ3n) is 3.97. The zero-order chi connectivity index (χ0) is 18.8. The average Bonchev–Trinajstić information content (AvgIpc) is 2.90. The van der Waals surface area contributed by atoms with Gasteiger partial charge in [0.1, 0.15) is 6.04 Å². The second-order valence-electron chi connectivity index (χ2n) is 5.67. The van der Waals surface area contributed by atoms with Crippen LogP contribution in [0, 0.1) is 0 Å². The summed E-state index contributed by atoms with van der Waals surface area (Å²) in [5.41, 5.74) is 0.731. The van der Waals surface area contributed by atoms with E-state index in [-0.39, 0.29) is 31.0 Å². The number of carbonyl (C=O) groups excluding carboxylic acids is 2. The first-order chi connectivity index (χ1) is 12.4. The number of carbonyl (C=O) groups is 2. The summed E-state index contributed by atoms with van der Waals surface area (Å²) in [5.74, 6) is -0.106. The molecule has 0 bridgehead atoms. The van der Waals surface area contributed by atoms with E-state index in [4.69, 9.17) is 34.8 Å². The molecule has 26 heavy (non-hydrogen) atoms. The Hall–Kier alpha value is -2.09. The third-order valence-corrected chi connectivity index (χ3v) is 4.76. The van der Waals surface area contributed by atoms with E-state index in [1.165, 1.54) is 22.2 Å². The van der Waals surface area contributed by atoms with Crippen molar-refractivity contribution in [2.45, 2.75) is 12.6 Å². The van der Waals surface area contributed by atoms with E-state index in [1.807, 2.05) is 0 Å². The molecule has 0 unspecified atom stereocenters. The molecule has 0 spiro atoms. The molecule has 0 aliphatic carbocycles. The summed E-state index contributed by atoms with van der Waals surface area (Å²) in [6.45, 7) is 0.363. The van der Waals surface area contributed by atoms with E-state index in [2.05, 4.69) is 15.3 Å². The van der Waals surface area contributed by atoms with Crippen molar-refractivity contribution in [1.82, 2.24) is 20.2 Å². The van der Waals surface area contributed by atoms with Crippen molar-refractivity contribution in [3.63, 3.8) is 0 Å². The third kappa shape index (κ3) is 3.85. The van der Waals surface area contributed by atoms with Crippen LogP contribution >= 0.6 is 34.8 Å². The maximum absolute atomic E-state index is 12.5. The van der Waals surface area contributed by atoms with Crippen LogP contribution < -0.4 is 10.2 Å². The minimum absolute atomic E-state index is 0.136. The monoisotopic (exact) mass is 413 g/mol. The standard InChI is InChI=1S/C16H14Cl3N5O2/c1-23-13(8-24(16(23)26)15-21-6-11(18)7-22-15)14(25)20-5-9-2-3-10(17)4-12(9)19/h2-4,6-7,13H,5,8H2,1H3,(H,20,25)/t13-/m0/s1. The average molecular weight is 415 g/mol. The molecule has 1 saturated heterocycles. The molecule has 2 heterocycles. The zero-order valence-corrected chi connectivity index (χ0v) is 15.9. The van der Waals surface area contributed by atoms with E-state index >= 15 is 0 Å². The van der Waals surface area contributed by atoms with Crippen molar-refractivity contribution < 1.29 is 9.59 Å². The topological polar surface area (TPSA) is 78.4 Å². The summed E-state index contributed by atoms with van der Waals surface area (Å²) in [5, 5.41) is 4.13. The zero-order valence-electron chi connectivity index (χ0n) is 13.6. The molecule has 136 valence electrons. The lowest BCUT2D eigenvalue weighted by Gasteiger charge is -2.17. The highest BCUT2D eigenvalue weighted by molar-refractivity contribution is 6.35. The van der Waals surface area contributed by atoms with Crippen molar-refractivity contribution in [1.29, 1.82) is 0 Å². The van der Waals surface area contributed by atoms with Gasteiger partial charge in [-0.05, 0) is 17.7 Å². The number of amides is 3. The Morgan fingerprint density at radius 2 is 1.92 bits per heavy atom. The number of likely N-dealkylation sites (N-methyl/N-ethyl adjacent to an activating group) is 1.